The Morgan fingerprint density at radius 1 is 1.15 bits per heavy atom. The summed E-state index contributed by atoms with van der Waals surface area (Å²) in [5, 5.41) is 0. The first-order chi connectivity index (χ1) is 16.5. The summed E-state index contributed by atoms with van der Waals surface area (Å²) in [6.07, 6.45) is 6.62. The number of rotatable bonds is 3. The second kappa shape index (κ2) is 8.04. The van der Waals surface area contributed by atoms with E-state index in [1.165, 1.54) is 11.3 Å². The number of aromatic nitrogens is 5. The van der Waals surface area contributed by atoms with Crippen molar-refractivity contribution in [3.8, 4) is 16.9 Å². The van der Waals surface area contributed by atoms with Gasteiger partial charge in [0.05, 0.1) is 6.54 Å². The third kappa shape index (κ3) is 3.77. The fraction of sp³-hybridized carbons (Fsp3) is 0.385. The fourth-order valence-electron chi connectivity index (χ4n) is 5.05. The molecule has 4 aromatic rings. The molecule has 34 heavy (non-hydrogen) atoms. The Labute approximate surface area is 197 Å². The molecule has 2 aliphatic rings. The zero-order valence-electron chi connectivity index (χ0n) is 19.4. The maximum atomic E-state index is 13.0. The summed E-state index contributed by atoms with van der Waals surface area (Å²) in [6, 6.07) is 8.15. The molecule has 0 fully saturated rings. The van der Waals surface area contributed by atoms with Gasteiger partial charge in [0.15, 0.2) is 5.65 Å². The van der Waals surface area contributed by atoms with Crippen LogP contribution >= 0.6 is 0 Å². The molecule has 1 aromatic carbocycles. The Kier molecular flexibility index (Phi) is 4.97. The van der Waals surface area contributed by atoms with Crippen molar-refractivity contribution in [2.75, 3.05) is 18.1 Å². The van der Waals surface area contributed by atoms with E-state index in [0.717, 1.165) is 54.1 Å². The highest BCUT2D eigenvalue weighted by Crippen LogP contribution is 2.39. The lowest BCUT2D eigenvalue weighted by Gasteiger charge is -2.33. The van der Waals surface area contributed by atoms with Gasteiger partial charge >= 0.3 is 0 Å². The Morgan fingerprint density at radius 3 is 2.94 bits per heavy atom. The first-order valence-electron chi connectivity index (χ1n) is 11.7. The van der Waals surface area contributed by atoms with E-state index in [9.17, 15) is 4.39 Å². The van der Waals surface area contributed by atoms with E-state index in [2.05, 4.69) is 44.7 Å². The molecule has 0 atom stereocenters. The van der Waals surface area contributed by atoms with Crippen LogP contribution in [-0.2, 0) is 26.1 Å². The van der Waals surface area contributed by atoms with Crippen molar-refractivity contribution in [1.82, 2.24) is 24.9 Å². The van der Waals surface area contributed by atoms with Crippen LogP contribution in [0.4, 0.5) is 10.2 Å². The number of fused-ring (bicyclic) bond motifs is 3. The minimum atomic E-state index is -0.637. The Bertz CT molecular complexity index is 1380. The van der Waals surface area contributed by atoms with E-state index in [-0.39, 0.29) is 5.41 Å². The fourth-order valence-corrected chi connectivity index (χ4v) is 5.05. The summed E-state index contributed by atoms with van der Waals surface area (Å²) >= 11 is 0. The number of aryl methyl sites for hydroxylation is 1. The Hall–Kier alpha value is -3.55. The van der Waals surface area contributed by atoms with E-state index >= 15 is 0 Å². The highest BCUT2D eigenvalue weighted by Gasteiger charge is 2.30. The number of hydrogen-bond acceptors (Lipinski definition) is 6. The molecule has 0 bridgehead atoms. The molecule has 1 aliphatic heterocycles. The molecule has 0 saturated heterocycles. The number of alkyl halides is 1. The van der Waals surface area contributed by atoms with Gasteiger partial charge in [-0.2, -0.15) is 0 Å². The molecule has 6 rings (SSSR count). The summed E-state index contributed by atoms with van der Waals surface area (Å²) in [7, 11) is 0. The number of pyridine rings is 1. The van der Waals surface area contributed by atoms with E-state index in [1.807, 2.05) is 18.2 Å². The van der Waals surface area contributed by atoms with Crippen LogP contribution in [0.2, 0.25) is 0 Å². The average Bonchev–Trinajstić information content (AvgIpc) is 3.14. The number of hydrogen-bond donors (Lipinski definition) is 1. The summed E-state index contributed by atoms with van der Waals surface area (Å²) in [6.45, 7) is 6.07. The molecule has 7 nitrogen and oxygen atoms in total. The lowest BCUT2D eigenvalue weighted by atomic mass is 9.76. The Morgan fingerprint density at radius 2 is 2.06 bits per heavy atom. The van der Waals surface area contributed by atoms with Gasteiger partial charge in [-0.1, -0.05) is 19.9 Å². The molecule has 0 radical (unpaired) electrons. The molecular weight excluding hydrogens is 431 g/mol. The highest BCUT2D eigenvalue weighted by molar-refractivity contribution is 5.78. The standard InChI is InChI=1S/C26H27FN6O/c1-26(2)6-5-20-19(11-26)25(30-15-29-20)33-7-8-34-22-4-3-16(9-18(22)14-33)17-10-21-24(28-13-17)32-23(12-27)31-21/h3-4,9-10,13,15H,5-8,11-12,14H2,1-2H3,(H,28,31,32). The van der Waals surface area contributed by atoms with Crippen LogP contribution in [0.25, 0.3) is 22.3 Å². The SMILES string of the molecule is CC1(C)CCc2ncnc(N3CCOc4ccc(-c5cnc6[nH]c(CF)nc6c5)cc4C3)c2C1. The molecule has 0 saturated carbocycles. The number of halogens is 1. The molecule has 4 heterocycles. The smallest absolute Gasteiger partial charge is 0.157 e. The van der Waals surface area contributed by atoms with Gasteiger partial charge < -0.3 is 14.6 Å². The monoisotopic (exact) mass is 458 g/mol. The van der Waals surface area contributed by atoms with Crippen molar-refractivity contribution in [1.29, 1.82) is 0 Å². The maximum Gasteiger partial charge on any atom is 0.157 e. The second-order valence-electron chi connectivity index (χ2n) is 9.96. The molecular formula is C26H27FN6O. The molecule has 0 unspecified atom stereocenters. The quantitative estimate of drug-likeness (QED) is 0.475. The largest absolute Gasteiger partial charge is 0.491 e. The van der Waals surface area contributed by atoms with Crippen LogP contribution in [0, 0.1) is 5.41 Å². The molecule has 8 heteroatoms. The number of nitrogens with zero attached hydrogens (tertiary/aromatic N) is 5. The molecule has 174 valence electrons. The van der Waals surface area contributed by atoms with Gasteiger partial charge in [0, 0.05) is 35.1 Å². The summed E-state index contributed by atoms with van der Waals surface area (Å²) in [5.74, 6) is 2.21. The van der Waals surface area contributed by atoms with Crippen molar-refractivity contribution in [2.24, 2.45) is 5.41 Å². The van der Waals surface area contributed by atoms with Gasteiger partial charge in [0.1, 0.15) is 42.5 Å². The van der Waals surface area contributed by atoms with Crippen LogP contribution in [0.5, 0.6) is 5.75 Å². The van der Waals surface area contributed by atoms with Gasteiger partial charge in [-0.15, -0.1) is 0 Å². The third-order valence-electron chi connectivity index (χ3n) is 6.89. The molecule has 1 N–H and O–H groups in total. The zero-order chi connectivity index (χ0) is 23.3. The number of anilines is 1. The number of ether oxygens (including phenoxy) is 1. The summed E-state index contributed by atoms with van der Waals surface area (Å²) in [5.41, 5.74) is 7.01. The summed E-state index contributed by atoms with van der Waals surface area (Å²) < 4.78 is 19.1. The van der Waals surface area contributed by atoms with Crippen molar-refractivity contribution in [2.45, 2.75) is 46.3 Å². The maximum absolute atomic E-state index is 13.0. The number of aromatic amines is 1. The van der Waals surface area contributed by atoms with Crippen LogP contribution < -0.4 is 9.64 Å². The lowest BCUT2D eigenvalue weighted by molar-refractivity contribution is 0.310. The van der Waals surface area contributed by atoms with Crippen LogP contribution in [-0.4, -0.2) is 38.1 Å². The van der Waals surface area contributed by atoms with Crippen molar-refractivity contribution in [3.05, 3.63) is 59.4 Å². The number of imidazole rings is 1. The number of H-pyrrole nitrogens is 1. The molecule has 0 spiro atoms. The first-order valence-corrected chi connectivity index (χ1v) is 11.7. The minimum absolute atomic E-state index is 0.250. The van der Waals surface area contributed by atoms with Crippen molar-refractivity contribution >= 4 is 17.0 Å². The molecule has 0 amide bonds. The predicted molar refractivity (Wildman–Crippen MR) is 129 cm³/mol. The highest BCUT2D eigenvalue weighted by atomic mass is 19.1. The lowest BCUT2D eigenvalue weighted by Crippen LogP contribution is -2.31. The second-order valence-corrected chi connectivity index (χ2v) is 9.96. The third-order valence-corrected chi connectivity index (χ3v) is 6.89. The zero-order valence-corrected chi connectivity index (χ0v) is 19.4. The van der Waals surface area contributed by atoms with Crippen LogP contribution in [0.3, 0.4) is 0 Å². The molecule has 1 aliphatic carbocycles. The predicted octanol–water partition coefficient (Wildman–Crippen LogP) is 4.80. The van der Waals surface area contributed by atoms with Crippen molar-refractivity contribution in [3.63, 3.8) is 0 Å². The topological polar surface area (TPSA) is 79.8 Å². The molecule has 3 aromatic heterocycles. The normalized spacial score (nSPS) is 17.1. The summed E-state index contributed by atoms with van der Waals surface area (Å²) in [4.78, 5) is 23.3. The van der Waals surface area contributed by atoms with Gasteiger partial charge in [-0.05, 0) is 48.4 Å². The Balaban J connectivity index is 1.35. The van der Waals surface area contributed by atoms with Crippen molar-refractivity contribution < 1.29 is 9.13 Å². The van der Waals surface area contributed by atoms with E-state index in [4.69, 9.17) is 9.72 Å². The van der Waals surface area contributed by atoms with E-state index in [1.54, 1.807) is 12.5 Å². The number of nitrogens with one attached hydrogen (secondary N) is 1. The van der Waals surface area contributed by atoms with Gasteiger partial charge in [-0.3, -0.25) is 0 Å². The van der Waals surface area contributed by atoms with E-state index in [0.29, 0.717) is 30.1 Å². The number of benzene rings is 1. The van der Waals surface area contributed by atoms with E-state index < -0.39 is 6.67 Å². The van der Waals surface area contributed by atoms with Crippen LogP contribution in [0.1, 0.15) is 42.9 Å². The van der Waals surface area contributed by atoms with Gasteiger partial charge in [0.25, 0.3) is 0 Å². The van der Waals surface area contributed by atoms with Crippen LogP contribution in [0.15, 0.2) is 36.8 Å². The minimum Gasteiger partial charge on any atom is -0.491 e. The van der Waals surface area contributed by atoms with Gasteiger partial charge in [0.2, 0.25) is 0 Å². The van der Waals surface area contributed by atoms with Gasteiger partial charge in [-0.25, -0.2) is 24.3 Å². The first kappa shape index (κ1) is 21.0. The average molecular weight is 459 g/mol.